The Labute approximate surface area is 79.6 Å². The first kappa shape index (κ1) is 12.4. The molecule has 0 aromatic rings. The van der Waals surface area contributed by atoms with Crippen LogP contribution in [0.25, 0.3) is 0 Å². The fourth-order valence-corrected chi connectivity index (χ4v) is 1.49. The highest BCUT2D eigenvalue weighted by Gasteiger charge is 1.90. The zero-order valence-corrected chi connectivity index (χ0v) is 9.50. The topological polar surface area (TPSA) is 9.23 Å². The van der Waals surface area contributed by atoms with E-state index >= 15 is 0 Å². The van der Waals surface area contributed by atoms with Gasteiger partial charge in [-0.25, -0.2) is 0 Å². The standard InChI is InChI=1S/C10H23OP/c1-2-3-4-5-6-7-8-9-10-11-12/h2-10,12H2,1H3. The second kappa shape index (κ2) is 11.4. The second-order valence-corrected chi connectivity index (χ2v) is 3.68. The van der Waals surface area contributed by atoms with Gasteiger partial charge < -0.3 is 4.52 Å². The van der Waals surface area contributed by atoms with Crippen LogP contribution in [0.4, 0.5) is 0 Å². The fourth-order valence-electron chi connectivity index (χ4n) is 1.32. The minimum absolute atomic E-state index is 0.902. The van der Waals surface area contributed by atoms with Crippen molar-refractivity contribution in [2.45, 2.75) is 58.3 Å². The number of rotatable bonds is 9. The van der Waals surface area contributed by atoms with Gasteiger partial charge in [-0.2, -0.15) is 0 Å². The van der Waals surface area contributed by atoms with Gasteiger partial charge in [0.05, 0.1) is 6.61 Å². The van der Waals surface area contributed by atoms with Crippen molar-refractivity contribution in [2.24, 2.45) is 0 Å². The summed E-state index contributed by atoms with van der Waals surface area (Å²) in [6.45, 7) is 3.16. The minimum Gasteiger partial charge on any atom is -0.366 e. The average molecular weight is 190 g/mol. The van der Waals surface area contributed by atoms with E-state index in [2.05, 4.69) is 16.4 Å². The Hall–Kier alpha value is 0.390. The van der Waals surface area contributed by atoms with Gasteiger partial charge in [-0.3, -0.25) is 0 Å². The molecular weight excluding hydrogens is 167 g/mol. The maximum atomic E-state index is 4.90. The molecule has 74 valence electrons. The summed E-state index contributed by atoms with van der Waals surface area (Å²) in [6.07, 6.45) is 11.0. The molecule has 0 saturated heterocycles. The molecule has 1 atom stereocenters. The number of hydrogen-bond acceptors (Lipinski definition) is 1. The molecule has 0 aromatic heterocycles. The van der Waals surface area contributed by atoms with E-state index in [-0.39, 0.29) is 0 Å². The van der Waals surface area contributed by atoms with Crippen LogP contribution in [0, 0.1) is 0 Å². The highest BCUT2D eigenvalue weighted by molar-refractivity contribution is 7.09. The Kier molecular flexibility index (Phi) is 11.8. The van der Waals surface area contributed by atoms with E-state index in [1.807, 2.05) is 0 Å². The summed E-state index contributed by atoms with van der Waals surface area (Å²) in [7, 11) is 2.30. The molecule has 0 N–H and O–H groups in total. The Balaban J connectivity index is 2.73. The Morgan fingerprint density at radius 2 is 1.33 bits per heavy atom. The molecule has 0 saturated carbocycles. The van der Waals surface area contributed by atoms with Gasteiger partial charge >= 0.3 is 0 Å². The Morgan fingerprint density at radius 1 is 0.833 bits per heavy atom. The highest BCUT2D eigenvalue weighted by atomic mass is 31.0. The van der Waals surface area contributed by atoms with Crippen molar-refractivity contribution in [3.8, 4) is 0 Å². The lowest BCUT2D eigenvalue weighted by Gasteiger charge is -2.00. The lowest BCUT2D eigenvalue weighted by molar-refractivity contribution is 0.353. The van der Waals surface area contributed by atoms with Crippen molar-refractivity contribution in [3.63, 3.8) is 0 Å². The zero-order valence-electron chi connectivity index (χ0n) is 8.35. The molecule has 0 aliphatic rings. The molecule has 0 bridgehead atoms. The van der Waals surface area contributed by atoms with Crippen molar-refractivity contribution < 1.29 is 4.52 Å². The van der Waals surface area contributed by atoms with Gasteiger partial charge in [0.1, 0.15) is 0 Å². The predicted molar refractivity (Wildman–Crippen MR) is 58.3 cm³/mol. The first-order valence-corrected chi connectivity index (χ1v) is 5.70. The Morgan fingerprint density at radius 3 is 1.83 bits per heavy atom. The van der Waals surface area contributed by atoms with Crippen LogP contribution in [0.15, 0.2) is 0 Å². The summed E-state index contributed by atoms with van der Waals surface area (Å²) < 4.78 is 4.90. The smallest absolute Gasteiger partial charge is 0.0501 e. The molecule has 0 aliphatic carbocycles. The average Bonchev–Trinajstić information content (AvgIpc) is 2.10. The molecule has 0 fully saturated rings. The maximum Gasteiger partial charge on any atom is 0.0501 e. The van der Waals surface area contributed by atoms with E-state index in [1.165, 1.54) is 51.4 Å². The molecule has 0 aliphatic heterocycles. The van der Waals surface area contributed by atoms with Crippen LogP contribution < -0.4 is 0 Å². The van der Waals surface area contributed by atoms with Crippen LogP contribution in [0.5, 0.6) is 0 Å². The minimum atomic E-state index is 0.902. The van der Waals surface area contributed by atoms with Gasteiger partial charge in [0.15, 0.2) is 0 Å². The third-order valence-corrected chi connectivity index (χ3v) is 2.35. The van der Waals surface area contributed by atoms with E-state index in [0.29, 0.717) is 0 Å². The van der Waals surface area contributed by atoms with E-state index in [4.69, 9.17) is 4.52 Å². The molecule has 0 heterocycles. The first-order chi connectivity index (χ1) is 5.91. The third kappa shape index (κ3) is 10.4. The van der Waals surface area contributed by atoms with E-state index < -0.39 is 0 Å². The van der Waals surface area contributed by atoms with Crippen LogP contribution >= 0.6 is 9.47 Å². The monoisotopic (exact) mass is 190 g/mol. The number of hydrogen-bond donors (Lipinski definition) is 0. The molecule has 1 unspecified atom stereocenters. The summed E-state index contributed by atoms with van der Waals surface area (Å²) >= 11 is 0. The fraction of sp³-hybridized carbons (Fsp3) is 1.00. The second-order valence-electron chi connectivity index (χ2n) is 3.35. The lowest BCUT2D eigenvalue weighted by atomic mass is 10.1. The van der Waals surface area contributed by atoms with Gasteiger partial charge in [0.25, 0.3) is 0 Å². The maximum absolute atomic E-state index is 4.90. The summed E-state index contributed by atoms with van der Waals surface area (Å²) in [5, 5.41) is 0. The van der Waals surface area contributed by atoms with Crippen LogP contribution in [0.2, 0.25) is 0 Å². The van der Waals surface area contributed by atoms with Gasteiger partial charge in [-0.05, 0) is 6.42 Å². The Bertz CT molecular complexity index is 66.2. The van der Waals surface area contributed by atoms with Gasteiger partial charge in [0, 0.05) is 9.47 Å². The van der Waals surface area contributed by atoms with Crippen LogP contribution in [-0.2, 0) is 4.52 Å². The SMILES string of the molecule is CCCCCCCCCCOP. The van der Waals surface area contributed by atoms with Crippen molar-refractivity contribution in [3.05, 3.63) is 0 Å². The van der Waals surface area contributed by atoms with Crippen molar-refractivity contribution >= 4 is 9.47 Å². The largest absolute Gasteiger partial charge is 0.366 e. The van der Waals surface area contributed by atoms with E-state index in [0.717, 1.165) is 6.61 Å². The van der Waals surface area contributed by atoms with Gasteiger partial charge in [0.2, 0.25) is 0 Å². The molecule has 1 nitrogen and oxygen atoms in total. The van der Waals surface area contributed by atoms with E-state index in [1.54, 1.807) is 0 Å². The van der Waals surface area contributed by atoms with Crippen LogP contribution in [0.3, 0.4) is 0 Å². The normalized spacial score (nSPS) is 10.5. The lowest BCUT2D eigenvalue weighted by Crippen LogP contribution is -1.84. The molecule has 0 aromatic carbocycles. The molecule has 2 heteroatoms. The van der Waals surface area contributed by atoms with Crippen LogP contribution in [0.1, 0.15) is 58.3 Å². The predicted octanol–water partition coefficient (Wildman–Crippen LogP) is 3.93. The summed E-state index contributed by atoms with van der Waals surface area (Å²) in [5.74, 6) is 0. The quantitative estimate of drug-likeness (QED) is 0.395. The third-order valence-electron chi connectivity index (χ3n) is 2.12. The molecule has 0 radical (unpaired) electrons. The molecule has 0 amide bonds. The zero-order chi connectivity index (χ0) is 9.07. The number of unbranched alkanes of at least 4 members (excludes halogenated alkanes) is 7. The van der Waals surface area contributed by atoms with Crippen molar-refractivity contribution in [1.29, 1.82) is 0 Å². The van der Waals surface area contributed by atoms with Gasteiger partial charge in [-0.15, -0.1) is 0 Å². The molecule has 0 spiro atoms. The summed E-state index contributed by atoms with van der Waals surface area (Å²) in [6, 6.07) is 0. The van der Waals surface area contributed by atoms with Crippen LogP contribution in [-0.4, -0.2) is 6.61 Å². The first-order valence-electron chi connectivity index (χ1n) is 5.23. The van der Waals surface area contributed by atoms with Crippen molar-refractivity contribution in [2.75, 3.05) is 6.61 Å². The molecular formula is C10H23OP. The van der Waals surface area contributed by atoms with Crippen molar-refractivity contribution in [1.82, 2.24) is 0 Å². The summed E-state index contributed by atoms with van der Waals surface area (Å²) in [5.41, 5.74) is 0. The highest BCUT2D eigenvalue weighted by Crippen LogP contribution is 2.08. The van der Waals surface area contributed by atoms with E-state index in [9.17, 15) is 0 Å². The molecule has 12 heavy (non-hydrogen) atoms. The molecule has 0 rings (SSSR count). The van der Waals surface area contributed by atoms with Gasteiger partial charge in [-0.1, -0.05) is 51.9 Å². The summed E-state index contributed by atoms with van der Waals surface area (Å²) in [4.78, 5) is 0.